The van der Waals surface area contributed by atoms with Crippen molar-refractivity contribution in [3.63, 3.8) is 0 Å². The normalized spacial score (nSPS) is 26.2. The maximum Gasteiger partial charge on any atom is 0.320 e. The minimum Gasteiger partial charge on any atom is -0.449 e. The monoisotopic (exact) mass is 404 g/mol. The van der Waals surface area contributed by atoms with Gasteiger partial charge in [-0.2, -0.15) is 0 Å². The molecule has 4 heterocycles. The van der Waals surface area contributed by atoms with Crippen molar-refractivity contribution >= 4 is 11.9 Å². The molecule has 0 spiro atoms. The number of amides is 3. The molecule has 2 atom stereocenters. The first-order valence-electron chi connectivity index (χ1n) is 10.7. The lowest BCUT2D eigenvalue weighted by Crippen LogP contribution is -2.62. The number of hydrogen-bond donors (Lipinski definition) is 1. The van der Waals surface area contributed by atoms with E-state index in [0.717, 1.165) is 50.4 Å². The second-order valence-corrected chi connectivity index (χ2v) is 9.55. The van der Waals surface area contributed by atoms with Crippen molar-refractivity contribution in [1.29, 1.82) is 0 Å². The second kappa shape index (κ2) is 7.97. The summed E-state index contributed by atoms with van der Waals surface area (Å²) < 4.78 is 11.3. The van der Waals surface area contributed by atoms with E-state index in [9.17, 15) is 9.59 Å². The van der Waals surface area contributed by atoms with Crippen LogP contribution in [0.25, 0.3) is 0 Å². The van der Waals surface area contributed by atoms with Crippen molar-refractivity contribution in [2.24, 2.45) is 5.92 Å². The summed E-state index contributed by atoms with van der Waals surface area (Å²) in [5.41, 5.74) is 0.982. The van der Waals surface area contributed by atoms with E-state index in [1.807, 2.05) is 9.80 Å². The Hall–Kier alpha value is -2.09. The molecule has 8 heteroatoms. The number of carbonyl (C=O) groups is 2. The topological polar surface area (TPSA) is 87.9 Å². The fourth-order valence-corrected chi connectivity index (χ4v) is 4.40. The van der Waals surface area contributed by atoms with Crippen LogP contribution in [0, 0.1) is 5.92 Å². The molecule has 0 radical (unpaired) electrons. The van der Waals surface area contributed by atoms with E-state index < -0.39 is 0 Å². The van der Waals surface area contributed by atoms with Crippen molar-refractivity contribution in [3.8, 4) is 0 Å². The van der Waals surface area contributed by atoms with Crippen molar-refractivity contribution in [2.75, 3.05) is 32.8 Å². The average Bonchev–Trinajstić information content (AvgIpc) is 3.16. The fourth-order valence-electron chi connectivity index (χ4n) is 4.40. The molecule has 0 bridgehead atoms. The first-order chi connectivity index (χ1) is 13.8. The number of aromatic nitrogens is 1. The van der Waals surface area contributed by atoms with Gasteiger partial charge in [0.1, 0.15) is 12.9 Å². The predicted molar refractivity (Wildman–Crippen MR) is 106 cm³/mol. The third-order valence-corrected chi connectivity index (χ3v) is 6.26. The minimum atomic E-state index is -0.0949. The molecule has 3 fully saturated rings. The number of oxazole rings is 1. The van der Waals surface area contributed by atoms with Gasteiger partial charge in [0.25, 0.3) is 0 Å². The molecule has 8 nitrogen and oxygen atoms in total. The summed E-state index contributed by atoms with van der Waals surface area (Å²) in [5, 5.41) is 2.96. The molecule has 1 aromatic heterocycles. The van der Waals surface area contributed by atoms with Crippen molar-refractivity contribution < 1.29 is 18.7 Å². The molecule has 1 N–H and O–H groups in total. The lowest BCUT2D eigenvalue weighted by atomic mass is 9.92. The van der Waals surface area contributed by atoms with E-state index in [1.165, 1.54) is 0 Å². The number of hydrogen-bond acceptors (Lipinski definition) is 5. The number of carbonyl (C=O) groups excluding carboxylic acids is 2. The summed E-state index contributed by atoms with van der Waals surface area (Å²) in [6.45, 7) is 9.24. The van der Waals surface area contributed by atoms with Gasteiger partial charge in [-0.25, -0.2) is 9.78 Å². The van der Waals surface area contributed by atoms with Crippen LogP contribution in [0.2, 0.25) is 0 Å². The molecule has 0 saturated carbocycles. The van der Waals surface area contributed by atoms with Gasteiger partial charge in [0.15, 0.2) is 5.89 Å². The van der Waals surface area contributed by atoms with E-state index in [-0.39, 0.29) is 36.1 Å². The van der Waals surface area contributed by atoms with E-state index in [0.29, 0.717) is 19.0 Å². The first kappa shape index (κ1) is 20.2. The zero-order chi connectivity index (χ0) is 20.6. The number of fused-ring (bicyclic) bond motifs is 1. The highest BCUT2D eigenvalue weighted by atomic mass is 16.5. The van der Waals surface area contributed by atoms with Crippen LogP contribution in [-0.2, 0) is 21.4 Å². The van der Waals surface area contributed by atoms with Crippen molar-refractivity contribution in [3.05, 3.63) is 17.8 Å². The standard InChI is InChI=1S/C21H32N4O4/c1-21(2,3)17-12-29-19(23-17)10-14-4-7-24(8-5-14)20(27)25-9-6-16-15(11-25)22-18(26)13-28-16/h12,14-16H,4-11,13H2,1-3H3,(H,22,26)/t15-,16+/m0/s1. The quantitative estimate of drug-likeness (QED) is 0.814. The molecular formula is C21H32N4O4. The van der Waals surface area contributed by atoms with Gasteiger partial charge < -0.3 is 24.3 Å². The first-order valence-corrected chi connectivity index (χ1v) is 10.7. The van der Waals surface area contributed by atoms with Gasteiger partial charge in [0.2, 0.25) is 5.91 Å². The largest absolute Gasteiger partial charge is 0.449 e. The number of nitrogens with zero attached hydrogens (tertiary/aromatic N) is 3. The lowest BCUT2D eigenvalue weighted by molar-refractivity contribution is -0.139. The molecule has 0 aromatic carbocycles. The highest BCUT2D eigenvalue weighted by Gasteiger charge is 2.38. The summed E-state index contributed by atoms with van der Waals surface area (Å²) in [5.74, 6) is 1.19. The SMILES string of the molecule is CC(C)(C)c1coc(CC2CCN(C(=O)N3CC[C@H]4OCC(=O)N[C@H]4C3)CC2)n1. The number of morpholine rings is 1. The van der Waals surface area contributed by atoms with Crippen LogP contribution in [0.1, 0.15) is 51.6 Å². The third kappa shape index (κ3) is 4.57. The van der Waals surface area contributed by atoms with Crippen LogP contribution in [0.5, 0.6) is 0 Å². The van der Waals surface area contributed by atoms with Crippen molar-refractivity contribution in [2.45, 2.75) is 64.0 Å². The molecule has 4 rings (SSSR count). The Morgan fingerprint density at radius 1 is 1.21 bits per heavy atom. The predicted octanol–water partition coefficient (Wildman–Crippen LogP) is 1.94. The minimum absolute atomic E-state index is 0.00612. The van der Waals surface area contributed by atoms with Gasteiger partial charge in [-0.1, -0.05) is 20.8 Å². The van der Waals surface area contributed by atoms with Gasteiger partial charge in [-0.05, 0) is 25.2 Å². The van der Waals surface area contributed by atoms with E-state index >= 15 is 0 Å². The summed E-state index contributed by atoms with van der Waals surface area (Å²) in [6, 6.07) is -0.0126. The van der Waals surface area contributed by atoms with Crippen molar-refractivity contribution in [1.82, 2.24) is 20.1 Å². The molecule has 3 saturated heterocycles. The van der Waals surface area contributed by atoms with Gasteiger partial charge in [0.05, 0.1) is 17.8 Å². The molecule has 3 aliphatic rings. The van der Waals surface area contributed by atoms with E-state index in [2.05, 4.69) is 31.1 Å². The van der Waals surface area contributed by atoms with Gasteiger partial charge in [-0.15, -0.1) is 0 Å². The van der Waals surface area contributed by atoms with E-state index in [1.54, 1.807) is 6.26 Å². The number of piperidine rings is 2. The van der Waals surface area contributed by atoms with Crippen LogP contribution in [0.4, 0.5) is 4.79 Å². The van der Waals surface area contributed by atoms with Crippen LogP contribution in [-0.4, -0.2) is 71.7 Å². The summed E-state index contributed by atoms with van der Waals surface area (Å²) >= 11 is 0. The highest BCUT2D eigenvalue weighted by molar-refractivity contribution is 5.79. The summed E-state index contributed by atoms with van der Waals surface area (Å²) in [7, 11) is 0. The average molecular weight is 405 g/mol. The number of rotatable bonds is 2. The number of nitrogens with one attached hydrogen (secondary N) is 1. The zero-order valence-electron chi connectivity index (χ0n) is 17.6. The Kier molecular flexibility index (Phi) is 5.55. The Morgan fingerprint density at radius 3 is 2.62 bits per heavy atom. The third-order valence-electron chi connectivity index (χ3n) is 6.26. The summed E-state index contributed by atoms with van der Waals surface area (Å²) in [6.07, 6.45) is 5.31. The van der Waals surface area contributed by atoms with Gasteiger partial charge in [0, 0.05) is 38.0 Å². The van der Waals surface area contributed by atoms with Gasteiger partial charge >= 0.3 is 6.03 Å². The molecule has 0 aliphatic carbocycles. The summed E-state index contributed by atoms with van der Waals surface area (Å²) in [4.78, 5) is 33.0. The second-order valence-electron chi connectivity index (χ2n) is 9.55. The van der Waals surface area contributed by atoms with Crippen LogP contribution >= 0.6 is 0 Å². The Labute approximate surface area is 172 Å². The van der Waals surface area contributed by atoms with Crippen LogP contribution in [0.15, 0.2) is 10.7 Å². The molecule has 3 amide bonds. The van der Waals surface area contributed by atoms with Gasteiger partial charge in [-0.3, -0.25) is 4.79 Å². The molecule has 29 heavy (non-hydrogen) atoms. The maximum atomic E-state index is 13.0. The molecule has 1 aromatic rings. The Bertz CT molecular complexity index is 748. The Morgan fingerprint density at radius 2 is 1.93 bits per heavy atom. The molecule has 160 valence electrons. The molecular weight excluding hydrogens is 372 g/mol. The smallest absolute Gasteiger partial charge is 0.320 e. The van der Waals surface area contributed by atoms with E-state index in [4.69, 9.17) is 9.15 Å². The van der Waals surface area contributed by atoms with Crippen LogP contribution < -0.4 is 5.32 Å². The van der Waals surface area contributed by atoms with Crippen LogP contribution in [0.3, 0.4) is 0 Å². The fraction of sp³-hybridized carbons (Fsp3) is 0.762. The Balaban J connectivity index is 1.26. The number of likely N-dealkylation sites (tertiary alicyclic amines) is 2. The molecule has 0 unspecified atom stereocenters. The number of urea groups is 1. The lowest BCUT2D eigenvalue weighted by Gasteiger charge is -2.43. The number of ether oxygens (including phenoxy) is 1. The zero-order valence-corrected chi connectivity index (χ0v) is 17.6. The highest BCUT2D eigenvalue weighted by Crippen LogP contribution is 2.26. The maximum absolute atomic E-state index is 13.0. The molecule has 3 aliphatic heterocycles.